The zero-order chi connectivity index (χ0) is 14.1. The van der Waals surface area contributed by atoms with Gasteiger partial charge in [-0.3, -0.25) is 9.78 Å². The highest BCUT2D eigenvalue weighted by molar-refractivity contribution is 7.71. The van der Waals surface area contributed by atoms with Gasteiger partial charge >= 0.3 is 5.97 Å². The van der Waals surface area contributed by atoms with Crippen molar-refractivity contribution in [2.24, 2.45) is 0 Å². The van der Waals surface area contributed by atoms with Gasteiger partial charge in [0.25, 0.3) is 0 Å². The fraction of sp³-hybridized carbons (Fsp3) is 0.214. The molecule has 0 radical (unpaired) electrons. The molecule has 1 N–H and O–H groups in total. The van der Waals surface area contributed by atoms with Crippen LogP contribution in [-0.4, -0.2) is 27.1 Å². The van der Waals surface area contributed by atoms with Gasteiger partial charge in [-0.1, -0.05) is 18.2 Å². The Hall–Kier alpha value is -2.21. The Labute approximate surface area is 120 Å². The first-order valence-electron chi connectivity index (χ1n) is 6.32. The van der Waals surface area contributed by atoms with E-state index in [0.29, 0.717) is 11.4 Å². The number of rotatable bonds is 3. The van der Waals surface area contributed by atoms with Crippen molar-refractivity contribution in [3.8, 4) is 0 Å². The van der Waals surface area contributed by atoms with Crippen molar-refractivity contribution < 1.29 is 9.53 Å². The number of imidazole rings is 1. The highest BCUT2D eigenvalue weighted by Crippen LogP contribution is 2.23. The van der Waals surface area contributed by atoms with Crippen LogP contribution in [0.15, 0.2) is 30.5 Å². The number of aromatic amines is 1. The molecule has 1 aromatic carbocycles. The first-order valence-corrected chi connectivity index (χ1v) is 6.73. The third-order valence-electron chi connectivity index (χ3n) is 3.10. The first kappa shape index (κ1) is 12.8. The number of fused-ring (bicyclic) bond motifs is 3. The van der Waals surface area contributed by atoms with Gasteiger partial charge in [0.2, 0.25) is 0 Å². The van der Waals surface area contributed by atoms with Crippen LogP contribution in [0.4, 0.5) is 0 Å². The standard InChI is InChI=1S/C14H13N3O2S/c1-2-19-12(18)8-17-13-9-5-3-4-6-10(9)15-7-11(13)16-14(17)20/h3-7H,2,8H2,1H3,(H,16,20). The molecule has 6 heteroatoms. The molecule has 0 saturated carbocycles. The van der Waals surface area contributed by atoms with Crippen molar-refractivity contribution >= 4 is 40.1 Å². The maximum absolute atomic E-state index is 11.7. The number of hydrogen-bond acceptors (Lipinski definition) is 4. The Balaban J connectivity index is 2.25. The molecule has 3 aromatic rings. The normalized spacial score (nSPS) is 11.1. The van der Waals surface area contributed by atoms with E-state index in [9.17, 15) is 4.79 Å². The molecule has 2 heterocycles. The molecule has 0 unspecified atom stereocenters. The van der Waals surface area contributed by atoms with Gasteiger partial charge in [-0.15, -0.1) is 0 Å². The van der Waals surface area contributed by atoms with Crippen LogP contribution < -0.4 is 0 Å². The summed E-state index contributed by atoms with van der Waals surface area (Å²) >= 11 is 5.29. The minimum absolute atomic E-state index is 0.0979. The van der Waals surface area contributed by atoms with Crippen LogP contribution in [-0.2, 0) is 16.1 Å². The maximum Gasteiger partial charge on any atom is 0.326 e. The van der Waals surface area contributed by atoms with Crippen LogP contribution >= 0.6 is 12.2 Å². The number of carbonyl (C=O) groups excluding carboxylic acids is 1. The Morgan fingerprint density at radius 1 is 1.45 bits per heavy atom. The van der Waals surface area contributed by atoms with Crippen molar-refractivity contribution in [1.29, 1.82) is 0 Å². The molecule has 102 valence electrons. The number of carbonyl (C=O) groups is 1. The van der Waals surface area contributed by atoms with E-state index in [2.05, 4.69) is 9.97 Å². The molecule has 0 aliphatic carbocycles. The molecule has 3 rings (SSSR count). The topological polar surface area (TPSA) is 59.9 Å². The Morgan fingerprint density at radius 3 is 3.05 bits per heavy atom. The summed E-state index contributed by atoms with van der Waals surface area (Å²) < 4.78 is 7.24. The van der Waals surface area contributed by atoms with Crippen molar-refractivity contribution in [2.75, 3.05) is 6.61 Å². The van der Waals surface area contributed by atoms with Gasteiger partial charge in [-0.2, -0.15) is 0 Å². The van der Waals surface area contributed by atoms with Crippen molar-refractivity contribution in [3.63, 3.8) is 0 Å². The van der Waals surface area contributed by atoms with Gasteiger partial charge in [0.1, 0.15) is 6.54 Å². The second-order valence-electron chi connectivity index (χ2n) is 4.36. The summed E-state index contributed by atoms with van der Waals surface area (Å²) in [5.74, 6) is -0.301. The van der Waals surface area contributed by atoms with E-state index in [1.54, 1.807) is 17.7 Å². The number of esters is 1. The molecule has 5 nitrogen and oxygen atoms in total. The lowest BCUT2D eigenvalue weighted by Crippen LogP contribution is -2.13. The average Bonchev–Trinajstić information content (AvgIpc) is 2.76. The fourth-order valence-electron chi connectivity index (χ4n) is 2.28. The number of nitrogens with one attached hydrogen (secondary N) is 1. The molecule has 0 atom stereocenters. The van der Waals surface area contributed by atoms with Gasteiger partial charge in [-0.05, 0) is 25.2 Å². The number of para-hydroxylation sites is 1. The highest BCUT2D eigenvalue weighted by atomic mass is 32.1. The van der Waals surface area contributed by atoms with E-state index in [0.717, 1.165) is 21.9 Å². The van der Waals surface area contributed by atoms with Gasteiger partial charge in [0, 0.05) is 5.39 Å². The van der Waals surface area contributed by atoms with E-state index >= 15 is 0 Å². The Bertz CT molecular complexity index is 850. The number of nitrogens with zero attached hydrogens (tertiary/aromatic N) is 2. The molecule has 0 saturated heterocycles. The van der Waals surface area contributed by atoms with Gasteiger partial charge in [0.05, 0.1) is 29.4 Å². The largest absolute Gasteiger partial charge is 0.465 e. The quantitative estimate of drug-likeness (QED) is 0.594. The minimum Gasteiger partial charge on any atom is -0.465 e. The smallest absolute Gasteiger partial charge is 0.326 e. The summed E-state index contributed by atoms with van der Waals surface area (Å²) in [5.41, 5.74) is 2.57. The first-order chi connectivity index (χ1) is 9.70. The van der Waals surface area contributed by atoms with Crippen LogP contribution in [0.1, 0.15) is 6.92 Å². The van der Waals surface area contributed by atoms with Crippen molar-refractivity contribution in [2.45, 2.75) is 13.5 Å². The number of aromatic nitrogens is 3. The van der Waals surface area contributed by atoms with E-state index in [1.165, 1.54) is 0 Å². The molecular weight excluding hydrogens is 274 g/mol. The predicted molar refractivity (Wildman–Crippen MR) is 79.1 cm³/mol. The summed E-state index contributed by atoms with van der Waals surface area (Å²) in [4.78, 5) is 19.2. The summed E-state index contributed by atoms with van der Waals surface area (Å²) in [6.45, 7) is 2.24. The third-order valence-corrected chi connectivity index (χ3v) is 3.42. The molecule has 0 aliphatic rings. The van der Waals surface area contributed by atoms with Crippen molar-refractivity contribution in [1.82, 2.24) is 14.5 Å². The number of hydrogen-bond donors (Lipinski definition) is 1. The van der Waals surface area contributed by atoms with Gasteiger partial charge < -0.3 is 14.3 Å². The average molecular weight is 287 g/mol. The maximum atomic E-state index is 11.7. The zero-order valence-electron chi connectivity index (χ0n) is 10.9. The Morgan fingerprint density at radius 2 is 2.25 bits per heavy atom. The summed E-state index contributed by atoms with van der Waals surface area (Å²) in [7, 11) is 0. The lowest BCUT2D eigenvalue weighted by Gasteiger charge is -2.06. The van der Waals surface area contributed by atoms with E-state index < -0.39 is 0 Å². The Kier molecular flexibility index (Phi) is 3.23. The second kappa shape index (κ2) is 5.05. The van der Waals surface area contributed by atoms with Gasteiger partial charge in [0.15, 0.2) is 4.77 Å². The summed E-state index contributed by atoms with van der Waals surface area (Å²) in [6, 6.07) is 7.76. The molecule has 0 bridgehead atoms. The van der Waals surface area contributed by atoms with Crippen LogP contribution in [0.3, 0.4) is 0 Å². The molecular formula is C14H13N3O2S. The highest BCUT2D eigenvalue weighted by Gasteiger charge is 2.12. The van der Waals surface area contributed by atoms with E-state index in [-0.39, 0.29) is 12.5 Å². The molecule has 0 spiro atoms. The lowest BCUT2D eigenvalue weighted by molar-refractivity contribution is -0.143. The molecule has 0 amide bonds. The van der Waals surface area contributed by atoms with Crippen LogP contribution in [0.25, 0.3) is 21.9 Å². The van der Waals surface area contributed by atoms with Crippen LogP contribution in [0.5, 0.6) is 0 Å². The van der Waals surface area contributed by atoms with Crippen LogP contribution in [0.2, 0.25) is 0 Å². The predicted octanol–water partition coefficient (Wildman–Crippen LogP) is 2.81. The van der Waals surface area contributed by atoms with E-state index in [4.69, 9.17) is 17.0 Å². The second-order valence-corrected chi connectivity index (χ2v) is 4.75. The zero-order valence-corrected chi connectivity index (χ0v) is 11.7. The lowest BCUT2D eigenvalue weighted by atomic mass is 10.2. The van der Waals surface area contributed by atoms with Gasteiger partial charge in [-0.25, -0.2) is 0 Å². The van der Waals surface area contributed by atoms with E-state index in [1.807, 2.05) is 24.3 Å². The fourth-order valence-corrected chi connectivity index (χ4v) is 2.55. The number of pyridine rings is 1. The summed E-state index contributed by atoms with van der Waals surface area (Å²) in [6.07, 6.45) is 1.73. The number of H-pyrrole nitrogens is 1. The molecule has 20 heavy (non-hydrogen) atoms. The minimum atomic E-state index is -0.301. The summed E-state index contributed by atoms with van der Waals surface area (Å²) in [5, 5.41) is 0.960. The van der Waals surface area contributed by atoms with Crippen LogP contribution in [0, 0.1) is 4.77 Å². The molecule has 0 fully saturated rings. The van der Waals surface area contributed by atoms with Crippen molar-refractivity contribution in [3.05, 3.63) is 35.2 Å². The number of benzene rings is 1. The SMILES string of the molecule is CCOC(=O)Cn1c(=S)[nH]c2cnc3ccccc3c21. The molecule has 0 aliphatic heterocycles. The number of ether oxygens (including phenoxy) is 1. The third kappa shape index (κ3) is 2.08. The molecule has 2 aromatic heterocycles. The monoisotopic (exact) mass is 287 g/mol.